The van der Waals surface area contributed by atoms with E-state index in [2.05, 4.69) is 10.1 Å². The van der Waals surface area contributed by atoms with Crippen molar-refractivity contribution in [1.82, 2.24) is 0 Å². The van der Waals surface area contributed by atoms with E-state index in [1.165, 1.54) is 14.2 Å². The highest BCUT2D eigenvalue weighted by Crippen LogP contribution is 2.35. The number of carbonyl (C=O) groups is 4. The van der Waals surface area contributed by atoms with Gasteiger partial charge < -0.3 is 19.5 Å². The average molecular weight is 391 g/mol. The summed E-state index contributed by atoms with van der Waals surface area (Å²) in [7, 11) is 3.51. The Hall–Kier alpha value is -3.20. The minimum Gasteiger partial charge on any atom is -0.469 e. The molecule has 0 radical (unpaired) electrons. The van der Waals surface area contributed by atoms with Crippen LogP contribution in [0.2, 0.25) is 0 Å². The van der Waals surface area contributed by atoms with Gasteiger partial charge in [-0.2, -0.15) is 0 Å². The minimum absolute atomic E-state index is 0.00617. The first-order chi connectivity index (χ1) is 12.9. The molecule has 1 heterocycles. The quantitative estimate of drug-likeness (QED) is 0.594. The molecule has 0 bridgehead atoms. The van der Waals surface area contributed by atoms with E-state index in [4.69, 9.17) is 9.47 Å². The van der Waals surface area contributed by atoms with Gasteiger partial charge in [0.15, 0.2) is 0 Å². The molecule has 1 aromatic carbocycles. The van der Waals surface area contributed by atoms with Crippen molar-refractivity contribution in [2.75, 3.05) is 26.6 Å². The predicted molar refractivity (Wildman–Crippen MR) is 97.1 cm³/mol. The lowest BCUT2D eigenvalue weighted by Crippen LogP contribution is -2.16. The summed E-state index contributed by atoms with van der Waals surface area (Å²) < 4.78 is 14.1. The number of carbonyl (C=O) groups excluding carboxylic acids is 4. The fraction of sp³-hybridized carbons (Fsp3) is 0.222. The number of ether oxygens (including phenoxy) is 3. The number of benzene rings is 1. The first-order valence-corrected chi connectivity index (χ1v) is 8.50. The smallest absolute Gasteiger partial charge is 0.348 e. The molecule has 0 aliphatic carbocycles. The van der Waals surface area contributed by atoms with Crippen LogP contribution >= 0.6 is 11.3 Å². The predicted octanol–water partition coefficient (Wildman–Crippen LogP) is 2.29. The molecule has 0 saturated heterocycles. The normalized spacial score (nSPS) is 10.0. The van der Waals surface area contributed by atoms with Gasteiger partial charge in [0, 0.05) is 11.1 Å². The lowest BCUT2D eigenvalue weighted by atomic mass is 10.1. The van der Waals surface area contributed by atoms with Crippen molar-refractivity contribution >= 4 is 40.2 Å². The van der Waals surface area contributed by atoms with Crippen LogP contribution in [-0.2, 0) is 25.4 Å². The largest absolute Gasteiger partial charge is 0.469 e. The van der Waals surface area contributed by atoms with Gasteiger partial charge >= 0.3 is 17.9 Å². The third kappa shape index (κ3) is 4.50. The summed E-state index contributed by atoms with van der Waals surface area (Å²) in [6, 6.07) is 8.32. The van der Waals surface area contributed by atoms with Crippen LogP contribution < -0.4 is 5.32 Å². The molecular weight excluding hydrogens is 374 g/mol. The van der Waals surface area contributed by atoms with Gasteiger partial charge in [0.05, 0.1) is 33.3 Å². The molecule has 1 N–H and O–H groups in total. The number of amides is 1. The highest BCUT2D eigenvalue weighted by molar-refractivity contribution is 7.18. The summed E-state index contributed by atoms with van der Waals surface area (Å²) in [5.41, 5.74) is 0.349. The van der Waals surface area contributed by atoms with Crippen molar-refractivity contribution in [3.8, 4) is 0 Å². The lowest BCUT2D eigenvalue weighted by Gasteiger charge is -2.07. The van der Waals surface area contributed by atoms with Crippen molar-refractivity contribution in [2.45, 2.75) is 6.42 Å². The van der Waals surface area contributed by atoms with E-state index in [-0.39, 0.29) is 27.4 Å². The molecule has 142 valence electrons. The van der Waals surface area contributed by atoms with Crippen molar-refractivity contribution < 1.29 is 33.4 Å². The van der Waals surface area contributed by atoms with E-state index in [9.17, 15) is 19.2 Å². The van der Waals surface area contributed by atoms with E-state index in [1.807, 2.05) is 0 Å². The fourth-order valence-corrected chi connectivity index (χ4v) is 3.40. The SMILES string of the molecule is COC(=O)Cc1c(C(=O)OC)sc(NC(=O)c2ccccc2)c1C(=O)OC. The number of rotatable bonds is 6. The van der Waals surface area contributed by atoms with Crippen LogP contribution in [0.4, 0.5) is 5.00 Å². The van der Waals surface area contributed by atoms with Crippen molar-refractivity contribution in [3.05, 3.63) is 51.9 Å². The standard InChI is InChI=1S/C18H17NO7S/c1-24-12(20)9-11-13(17(22)25-2)16(27-14(11)18(23)26-3)19-15(21)10-7-5-4-6-8-10/h4-8H,9H2,1-3H3,(H,19,21). The van der Waals surface area contributed by atoms with Gasteiger partial charge in [-0.25, -0.2) is 9.59 Å². The molecule has 0 saturated carbocycles. The maximum absolute atomic E-state index is 12.5. The Labute approximate surface area is 159 Å². The summed E-state index contributed by atoms with van der Waals surface area (Å²) in [5, 5.41) is 2.67. The summed E-state index contributed by atoms with van der Waals surface area (Å²) in [6.45, 7) is 0. The van der Waals surface area contributed by atoms with Crippen LogP contribution in [0.15, 0.2) is 30.3 Å². The van der Waals surface area contributed by atoms with Crippen molar-refractivity contribution in [2.24, 2.45) is 0 Å². The molecule has 2 aromatic rings. The topological polar surface area (TPSA) is 108 Å². The first kappa shape index (κ1) is 20.1. The first-order valence-electron chi connectivity index (χ1n) is 7.68. The third-order valence-electron chi connectivity index (χ3n) is 3.58. The number of nitrogens with one attached hydrogen (secondary N) is 1. The number of methoxy groups -OCH3 is 3. The number of hydrogen-bond donors (Lipinski definition) is 1. The van der Waals surface area contributed by atoms with Crippen LogP contribution in [0.3, 0.4) is 0 Å². The zero-order valence-corrected chi connectivity index (χ0v) is 15.7. The number of anilines is 1. The Bertz CT molecular complexity index is 873. The summed E-state index contributed by atoms with van der Waals surface area (Å²) in [6.07, 6.45) is -0.358. The Morgan fingerprint density at radius 3 is 2.11 bits per heavy atom. The Morgan fingerprint density at radius 2 is 1.56 bits per heavy atom. The maximum Gasteiger partial charge on any atom is 0.348 e. The van der Waals surface area contributed by atoms with Crippen LogP contribution in [0.1, 0.15) is 36.0 Å². The second-order valence-electron chi connectivity index (χ2n) is 5.17. The molecule has 0 spiro atoms. The molecule has 2 rings (SSSR count). The highest BCUT2D eigenvalue weighted by atomic mass is 32.1. The monoisotopic (exact) mass is 391 g/mol. The third-order valence-corrected chi connectivity index (χ3v) is 4.71. The molecule has 0 fully saturated rings. The maximum atomic E-state index is 12.5. The second kappa shape index (κ2) is 8.95. The lowest BCUT2D eigenvalue weighted by molar-refractivity contribution is -0.139. The molecule has 0 aliphatic rings. The summed E-state index contributed by atoms with van der Waals surface area (Å²) in [5.74, 6) is -2.69. The molecule has 27 heavy (non-hydrogen) atoms. The summed E-state index contributed by atoms with van der Waals surface area (Å²) >= 11 is 0.823. The molecular formula is C18H17NO7S. The molecule has 9 heteroatoms. The van der Waals surface area contributed by atoms with Crippen LogP contribution in [0, 0.1) is 0 Å². The van der Waals surface area contributed by atoms with Crippen molar-refractivity contribution in [3.63, 3.8) is 0 Å². The Morgan fingerprint density at radius 1 is 0.926 bits per heavy atom. The molecule has 0 atom stereocenters. The van der Waals surface area contributed by atoms with Gasteiger partial charge in [-0.3, -0.25) is 9.59 Å². The van der Waals surface area contributed by atoms with Gasteiger partial charge in [0.1, 0.15) is 9.88 Å². The number of thiophene rings is 1. The van der Waals surface area contributed by atoms with E-state index in [0.29, 0.717) is 5.56 Å². The Kier molecular flexibility index (Phi) is 6.67. The van der Waals surface area contributed by atoms with E-state index in [1.54, 1.807) is 30.3 Å². The van der Waals surface area contributed by atoms with Gasteiger partial charge in [-0.05, 0) is 12.1 Å². The average Bonchev–Trinajstić information content (AvgIpc) is 3.04. The van der Waals surface area contributed by atoms with Gasteiger partial charge in [0.2, 0.25) is 0 Å². The number of hydrogen-bond acceptors (Lipinski definition) is 8. The van der Waals surface area contributed by atoms with Crippen LogP contribution in [0.5, 0.6) is 0 Å². The minimum atomic E-state index is -0.802. The fourth-order valence-electron chi connectivity index (χ4n) is 2.28. The molecule has 1 aromatic heterocycles. The van der Waals surface area contributed by atoms with E-state index in [0.717, 1.165) is 18.4 Å². The van der Waals surface area contributed by atoms with Gasteiger partial charge in [0.25, 0.3) is 5.91 Å². The zero-order valence-electron chi connectivity index (χ0n) is 14.9. The van der Waals surface area contributed by atoms with Crippen LogP contribution in [-0.4, -0.2) is 45.1 Å². The number of esters is 3. The van der Waals surface area contributed by atoms with Crippen molar-refractivity contribution in [1.29, 1.82) is 0 Å². The molecule has 1 amide bonds. The summed E-state index contributed by atoms with van der Waals surface area (Å²) in [4.78, 5) is 48.6. The van der Waals surface area contributed by atoms with Crippen LogP contribution in [0.25, 0.3) is 0 Å². The molecule has 8 nitrogen and oxygen atoms in total. The Balaban J connectivity index is 2.54. The zero-order chi connectivity index (χ0) is 20.0. The highest BCUT2D eigenvalue weighted by Gasteiger charge is 2.30. The van der Waals surface area contributed by atoms with E-state index < -0.39 is 23.8 Å². The molecule has 0 unspecified atom stereocenters. The second-order valence-corrected chi connectivity index (χ2v) is 6.19. The van der Waals surface area contributed by atoms with E-state index >= 15 is 0 Å². The van der Waals surface area contributed by atoms with Gasteiger partial charge in [-0.1, -0.05) is 18.2 Å². The van der Waals surface area contributed by atoms with Gasteiger partial charge in [-0.15, -0.1) is 11.3 Å². The molecule has 0 aliphatic heterocycles.